The fourth-order valence-corrected chi connectivity index (χ4v) is 9.07. The second-order valence-electron chi connectivity index (χ2n) is 14.8. The average molecular weight is 636 g/mol. The Hall–Kier alpha value is -4.00. The van der Waals surface area contributed by atoms with Crippen molar-refractivity contribution < 1.29 is 18.6 Å². The summed E-state index contributed by atoms with van der Waals surface area (Å²) >= 11 is 0. The number of aromatic hydroxyl groups is 1. The number of piperazine rings is 1. The van der Waals surface area contributed by atoms with Crippen molar-refractivity contribution in [2.75, 3.05) is 44.2 Å². The number of benzene rings is 3. The molecular weight excluding hydrogens is 596 g/mol. The summed E-state index contributed by atoms with van der Waals surface area (Å²) in [6.45, 7) is 5.46. The Kier molecular flexibility index (Phi) is 6.84. The SMILES string of the molecule is C#Cc1c(F)ccc2cc(O)cc(-c3ccc4c(N5CC6CCC(C5)N6)nc(OCC5(CN6C[C@H]7CCC[C@H]7C6)CC5)nc4c3F)c12. The van der Waals surface area contributed by atoms with Gasteiger partial charge >= 0.3 is 6.01 Å². The lowest BCUT2D eigenvalue weighted by atomic mass is 9.93. The molecule has 0 amide bonds. The molecule has 3 saturated heterocycles. The molecule has 1 aromatic heterocycles. The van der Waals surface area contributed by atoms with Crippen LogP contribution in [0.25, 0.3) is 32.8 Å². The van der Waals surface area contributed by atoms with Crippen molar-refractivity contribution in [3.8, 4) is 35.2 Å². The highest BCUT2D eigenvalue weighted by atomic mass is 19.1. The van der Waals surface area contributed by atoms with Crippen LogP contribution in [0.5, 0.6) is 11.8 Å². The number of nitrogens with zero attached hydrogens (tertiary/aromatic N) is 4. The number of aromatic nitrogens is 2. The number of anilines is 1. The van der Waals surface area contributed by atoms with Crippen LogP contribution in [-0.4, -0.2) is 71.4 Å². The number of hydrogen-bond acceptors (Lipinski definition) is 7. The largest absolute Gasteiger partial charge is 0.508 e. The number of rotatable bonds is 7. The van der Waals surface area contributed by atoms with Gasteiger partial charge in [-0.2, -0.15) is 9.97 Å². The fourth-order valence-electron chi connectivity index (χ4n) is 9.07. The first-order valence-corrected chi connectivity index (χ1v) is 17.1. The van der Waals surface area contributed by atoms with Crippen LogP contribution in [-0.2, 0) is 0 Å². The van der Waals surface area contributed by atoms with Gasteiger partial charge in [0, 0.05) is 66.6 Å². The Morgan fingerprint density at radius 2 is 1.72 bits per heavy atom. The Balaban J connectivity index is 1.11. The minimum atomic E-state index is -0.585. The van der Waals surface area contributed by atoms with Crippen LogP contribution in [0.3, 0.4) is 0 Å². The van der Waals surface area contributed by atoms with Crippen molar-refractivity contribution in [1.82, 2.24) is 20.2 Å². The van der Waals surface area contributed by atoms with Crippen LogP contribution in [0.1, 0.15) is 50.5 Å². The number of ether oxygens (including phenoxy) is 1. The van der Waals surface area contributed by atoms with Crippen LogP contribution in [0.4, 0.5) is 14.6 Å². The van der Waals surface area contributed by atoms with E-state index in [4.69, 9.17) is 21.1 Å². The quantitative estimate of drug-likeness (QED) is 0.233. The number of phenolic OH excluding ortho intramolecular Hbond substituents is 1. The molecule has 242 valence electrons. The molecule has 9 heteroatoms. The molecule has 4 atom stereocenters. The molecule has 2 aliphatic carbocycles. The Bertz CT molecular complexity index is 1930. The molecule has 2 saturated carbocycles. The normalized spacial score (nSPS) is 26.2. The predicted molar refractivity (Wildman–Crippen MR) is 179 cm³/mol. The average Bonchev–Trinajstić information content (AvgIpc) is 3.30. The Labute approximate surface area is 273 Å². The summed E-state index contributed by atoms with van der Waals surface area (Å²) in [4.78, 5) is 14.5. The van der Waals surface area contributed by atoms with E-state index in [1.807, 2.05) is 6.07 Å². The lowest BCUT2D eigenvalue weighted by Gasteiger charge is -2.34. The van der Waals surface area contributed by atoms with Gasteiger partial charge in [-0.15, -0.1) is 6.42 Å². The third-order valence-corrected chi connectivity index (χ3v) is 11.6. The van der Waals surface area contributed by atoms with E-state index in [1.165, 1.54) is 50.6 Å². The van der Waals surface area contributed by atoms with Gasteiger partial charge in [0.15, 0.2) is 5.82 Å². The van der Waals surface area contributed by atoms with E-state index >= 15 is 4.39 Å². The highest BCUT2D eigenvalue weighted by Gasteiger charge is 2.47. The lowest BCUT2D eigenvalue weighted by molar-refractivity contribution is 0.165. The summed E-state index contributed by atoms with van der Waals surface area (Å²) in [5.74, 6) is 3.57. The van der Waals surface area contributed by atoms with Gasteiger partial charge in [0.25, 0.3) is 0 Å². The second-order valence-corrected chi connectivity index (χ2v) is 14.8. The van der Waals surface area contributed by atoms with Gasteiger partial charge in [-0.3, -0.25) is 0 Å². The molecule has 4 aromatic rings. The monoisotopic (exact) mass is 635 g/mol. The van der Waals surface area contributed by atoms with Crippen LogP contribution < -0.4 is 15.0 Å². The standard InChI is InChI=1S/C38H39F2N5O2/c1-2-28-32(39)11-6-22-14-27(46)15-31(33(22)28)29-9-10-30-35(34(29)40)42-37(43-36(30)45-18-25-7-8-26(19-45)41-25)47-21-38(12-13-38)20-44-16-23-4-3-5-24(23)17-44/h1,6,9-11,14-15,23-26,41,46H,3-5,7-8,12-13,16-21H2/t23-,24+,25?,26?. The van der Waals surface area contributed by atoms with Gasteiger partial charge in [0.2, 0.25) is 0 Å². The zero-order valence-corrected chi connectivity index (χ0v) is 26.4. The van der Waals surface area contributed by atoms with Gasteiger partial charge in [-0.1, -0.05) is 24.5 Å². The van der Waals surface area contributed by atoms with E-state index in [0.717, 1.165) is 57.2 Å². The van der Waals surface area contributed by atoms with Gasteiger partial charge in [-0.25, -0.2) is 8.78 Å². The number of halogens is 2. The van der Waals surface area contributed by atoms with Crippen molar-refractivity contribution in [2.24, 2.45) is 17.3 Å². The van der Waals surface area contributed by atoms with E-state index in [0.29, 0.717) is 46.2 Å². The van der Waals surface area contributed by atoms with Gasteiger partial charge in [0.1, 0.15) is 22.9 Å². The maximum atomic E-state index is 16.9. The molecule has 9 rings (SSSR count). The highest BCUT2D eigenvalue weighted by molar-refractivity contribution is 6.04. The Morgan fingerprint density at radius 1 is 0.957 bits per heavy atom. The Morgan fingerprint density at radius 3 is 2.45 bits per heavy atom. The minimum absolute atomic E-state index is 0.0250. The van der Waals surface area contributed by atoms with Crippen molar-refractivity contribution in [3.63, 3.8) is 0 Å². The summed E-state index contributed by atoms with van der Waals surface area (Å²) < 4.78 is 38.2. The van der Waals surface area contributed by atoms with Crippen molar-refractivity contribution in [2.45, 2.75) is 57.0 Å². The summed E-state index contributed by atoms with van der Waals surface area (Å²) in [7, 11) is 0. The molecular formula is C38H39F2N5O2. The molecule has 3 aliphatic heterocycles. The molecule has 7 nitrogen and oxygen atoms in total. The zero-order valence-electron chi connectivity index (χ0n) is 26.4. The zero-order chi connectivity index (χ0) is 31.9. The van der Waals surface area contributed by atoms with E-state index in [-0.39, 0.29) is 33.8 Å². The van der Waals surface area contributed by atoms with Gasteiger partial charge in [0.05, 0.1) is 12.2 Å². The molecule has 4 heterocycles. The van der Waals surface area contributed by atoms with E-state index in [9.17, 15) is 9.50 Å². The van der Waals surface area contributed by atoms with E-state index in [2.05, 4.69) is 21.0 Å². The number of fused-ring (bicyclic) bond motifs is 5. The predicted octanol–water partition coefficient (Wildman–Crippen LogP) is 6.25. The van der Waals surface area contributed by atoms with Crippen molar-refractivity contribution in [1.29, 1.82) is 0 Å². The number of likely N-dealkylation sites (tertiary alicyclic amines) is 1. The van der Waals surface area contributed by atoms with Crippen LogP contribution in [0.15, 0.2) is 36.4 Å². The highest BCUT2D eigenvalue weighted by Crippen LogP contribution is 2.49. The maximum Gasteiger partial charge on any atom is 0.319 e. The van der Waals surface area contributed by atoms with Gasteiger partial charge in [-0.05, 0) is 85.6 Å². The summed E-state index contributed by atoms with van der Waals surface area (Å²) in [5.41, 5.74) is 0.733. The molecule has 2 N–H and O–H groups in total. The smallest absolute Gasteiger partial charge is 0.319 e. The molecule has 3 aromatic carbocycles. The van der Waals surface area contributed by atoms with E-state index in [1.54, 1.807) is 12.1 Å². The van der Waals surface area contributed by atoms with Crippen LogP contribution >= 0.6 is 0 Å². The molecule has 2 unspecified atom stereocenters. The number of hydrogen-bond donors (Lipinski definition) is 2. The molecule has 5 fully saturated rings. The van der Waals surface area contributed by atoms with Crippen LogP contribution in [0, 0.1) is 41.2 Å². The molecule has 5 aliphatic rings. The maximum absolute atomic E-state index is 16.9. The first kappa shape index (κ1) is 29.2. The second kappa shape index (κ2) is 11.0. The molecule has 2 bridgehead atoms. The topological polar surface area (TPSA) is 73.8 Å². The number of terminal acetylenes is 1. The fraction of sp³-hybridized carbons (Fsp3) is 0.474. The minimum Gasteiger partial charge on any atom is -0.508 e. The first-order valence-electron chi connectivity index (χ1n) is 17.1. The third kappa shape index (κ3) is 5.08. The first-order chi connectivity index (χ1) is 22.9. The summed E-state index contributed by atoms with van der Waals surface area (Å²) in [5, 5.41) is 15.8. The number of phenols is 1. The van der Waals surface area contributed by atoms with Crippen molar-refractivity contribution >= 4 is 27.5 Å². The molecule has 47 heavy (non-hydrogen) atoms. The summed E-state index contributed by atoms with van der Waals surface area (Å²) in [6.07, 6.45) is 14.2. The van der Waals surface area contributed by atoms with Crippen LogP contribution in [0.2, 0.25) is 0 Å². The van der Waals surface area contributed by atoms with Gasteiger partial charge < -0.3 is 25.0 Å². The summed E-state index contributed by atoms with van der Waals surface area (Å²) in [6, 6.07) is 10.1. The molecule has 0 radical (unpaired) electrons. The number of nitrogens with one attached hydrogen (secondary N) is 1. The van der Waals surface area contributed by atoms with Crippen molar-refractivity contribution in [3.05, 3.63) is 53.6 Å². The lowest BCUT2D eigenvalue weighted by Crippen LogP contribution is -2.51. The third-order valence-electron chi connectivity index (χ3n) is 11.6. The van der Waals surface area contributed by atoms with E-state index < -0.39 is 11.6 Å². The molecule has 0 spiro atoms.